The first kappa shape index (κ1) is 8.15. The van der Waals surface area contributed by atoms with E-state index in [4.69, 9.17) is 9.84 Å². The molecule has 0 radical (unpaired) electrons. The van der Waals surface area contributed by atoms with Crippen molar-refractivity contribution < 1.29 is 9.84 Å². The average Bonchev–Trinajstić information content (AvgIpc) is 2.62. The molecule has 0 aromatic heterocycles. The van der Waals surface area contributed by atoms with E-state index in [0.717, 1.165) is 24.3 Å². The Morgan fingerprint density at radius 2 is 2.38 bits per heavy atom. The summed E-state index contributed by atoms with van der Waals surface area (Å²) < 4.78 is 5.44. The fourth-order valence-electron chi connectivity index (χ4n) is 1.45. The summed E-state index contributed by atoms with van der Waals surface area (Å²) in [6.45, 7) is 0.636. The molecule has 0 aliphatic carbocycles. The molecule has 0 spiro atoms. The zero-order valence-corrected chi connectivity index (χ0v) is 7.21. The van der Waals surface area contributed by atoms with E-state index in [-0.39, 0.29) is 6.61 Å². The SMILES string of the molecule is OCC#Cc1cccc2c1OCC2. The maximum Gasteiger partial charge on any atom is 0.138 e. The van der Waals surface area contributed by atoms with E-state index in [9.17, 15) is 0 Å². The van der Waals surface area contributed by atoms with Crippen LogP contribution in [-0.2, 0) is 6.42 Å². The predicted molar refractivity (Wildman–Crippen MR) is 49.6 cm³/mol. The van der Waals surface area contributed by atoms with Crippen LogP contribution in [0.3, 0.4) is 0 Å². The monoisotopic (exact) mass is 174 g/mol. The standard InChI is InChI=1S/C11H10O2/c12-7-2-5-9-3-1-4-10-6-8-13-11(9)10/h1,3-4,12H,6-8H2. The minimum atomic E-state index is -0.107. The zero-order valence-electron chi connectivity index (χ0n) is 7.21. The van der Waals surface area contributed by atoms with Gasteiger partial charge in [-0.1, -0.05) is 24.0 Å². The Bertz CT molecular complexity index is 371. The highest BCUT2D eigenvalue weighted by molar-refractivity contribution is 5.52. The first-order valence-electron chi connectivity index (χ1n) is 4.26. The highest BCUT2D eigenvalue weighted by atomic mass is 16.5. The molecular formula is C11H10O2. The first-order valence-corrected chi connectivity index (χ1v) is 4.26. The molecule has 0 unspecified atom stereocenters. The maximum atomic E-state index is 8.56. The third kappa shape index (κ3) is 1.51. The predicted octanol–water partition coefficient (Wildman–Crippen LogP) is 0.965. The molecule has 0 fully saturated rings. The summed E-state index contributed by atoms with van der Waals surface area (Å²) in [4.78, 5) is 0. The van der Waals surface area contributed by atoms with Gasteiger partial charge in [0, 0.05) is 6.42 Å². The van der Waals surface area contributed by atoms with Gasteiger partial charge in [0.2, 0.25) is 0 Å². The van der Waals surface area contributed by atoms with Crippen LogP contribution in [0.25, 0.3) is 0 Å². The molecule has 0 bridgehead atoms. The summed E-state index contributed by atoms with van der Waals surface area (Å²) in [6, 6.07) is 5.92. The fourth-order valence-corrected chi connectivity index (χ4v) is 1.45. The second-order valence-electron chi connectivity index (χ2n) is 2.85. The summed E-state index contributed by atoms with van der Waals surface area (Å²) in [7, 11) is 0. The topological polar surface area (TPSA) is 29.5 Å². The van der Waals surface area contributed by atoms with Crippen molar-refractivity contribution >= 4 is 0 Å². The van der Waals surface area contributed by atoms with Crippen LogP contribution in [0.4, 0.5) is 0 Å². The van der Waals surface area contributed by atoms with E-state index in [1.54, 1.807) is 0 Å². The van der Waals surface area contributed by atoms with E-state index >= 15 is 0 Å². The van der Waals surface area contributed by atoms with Gasteiger partial charge < -0.3 is 9.84 Å². The van der Waals surface area contributed by atoms with Gasteiger partial charge in [-0.25, -0.2) is 0 Å². The number of hydrogen-bond acceptors (Lipinski definition) is 2. The fraction of sp³-hybridized carbons (Fsp3) is 0.273. The van der Waals surface area contributed by atoms with E-state index in [1.807, 2.05) is 18.2 Å². The number of ether oxygens (including phenoxy) is 1. The van der Waals surface area contributed by atoms with Crippen LogP contribution in [0.2, 0.25) is 0 Å². The largest absolute Gasteiger partial charge is 0.492 e. The Labute approximate surface area is 77.2 Å². The van der Waals surface area contributed by atoms with Crippen molar-refractivity contribution in [1.29, 1.82) is 0 Å². The van der Waals surface area contributed by atoms with Crippen molar-refractivity contribution in [3.05, 3.63) is 29.3 Å². The Kier molecular flexibility index (Phi) is 2.20. The van der Waals surface area contributed by atoms with Crippen LogP contribution in [0.15, 0.2) is 18.2 Å². The lowest BCUT2D eigenvalue weighted by atomic mass is 10.1. The van der Waals surface area contributed by atoms with Gasteiger partial charge in [-0.3, -0.25) is 0 Å². The van der Waals surface area contributed by atoms with Crippen LogP contribution in [0.5, 0.6) is 5.75 Å². The van der Waals surface area contributed by atoms with E-state index < -0.39 is 0 Å². The molecule has 13 heavy (non-hydrogen) atoms. The summed E-state index contributed by atoms with van der Waals surface area (Å²) in [5.74, 6) is 6.38. The lowest BCUT2D eigenvalue weighted by molar-refractivity contribution is 0.350. The van der Waals surface area contributed by atoms with Crippen molar-refractivity contribution in [2.75, 3.05) is 13.2 Å². The van der Waals surface area contributed by atoms with Crippen molar-refractivity contribution in [3.63, 3.8) is 0 Å². The van der Waals surface area contributed by atoms with Crippen LogP contribution >= 0.6 is 0 Å². The van der Waals surface area contributed by atoms with Crippen LogP contribution in [0.1, 0.15) is 11.1 Å². The van der Waals surface area contributed by atoms with Crippen molar-refractivity contribution in [1.82, 2.24) is 0 Å². The summed E-state index contributed by atoms with van der Waals surface area (Å²) in [5, 5.41) is 8.56. The summed E-state index contributed by atoms with van der Waals surface area (Å²) in [5.41, 5.74) is 2.09. The van der Waals surface area contributed by atoms with Gasteiger partial charge in [-0.05, 0) is 11.6 Å². The highest BCUT2D eigenvalue weighted by Gasteiger charge is 2.13. The van der Waals surface area contributed by atoms with E-state index in [1.165, 1.54) is 5.56 Å². The molecule has 1 heterocycles. The molecule has 0 saturated carbocycles. The summed E-state index contributed by atoms with van der Waals surface area (Å²) >= 11 is 0. The lowest BCUT2D eigenvalue weighted by Gasteiger charge is -2.00. The van der Waals surface area contributed by atoms with Crippen LogP contribution in [0, 0.1) is 11.8 Å². The molecule has 66 valence electrons. The number of fused-ring (bicyclic) bond motifs is 1. The molecule has 1 aliphatic rings. The number of rotatable bonds is 0. The normalized spacial score (nSPS) is 12.7. The Balaban J connectivity index is 2.41. The number of aliphatic hydroxyl groups excluding tert-OH is 1. The molecule has 1 aromatic rings. The van der Waals surface area contributed by atoms with Gasteiger partial charge >= 0.3 is 0 Å². The lowest BCUT2D eigenvalue weighted by Crippen LogP contribution is -1.88. The quantitative estimate of drug-likeness (QED) is 0.594. The van der Waals surface area contributed by atoms with Crippen LogP contribution < -0.4 is 4.74 Å². The molecule has 1 N–H and O–H groups in total. The molecule has 1 aliphatic heterocycles. The molecule has 2 nitrogen and oxygen atoms in total. The molecule has 0 saturated heterocycles. The minimum Gasteiger partial charge on any atom is -0.492 e. The summed E-state index contributed by atoms with van der Waals surface area (Å²) in [6.07, 6.45) is 0.962. The first-order chi connectivity index (χ1) is 6.42. The zero-order chi connectivity index (χ0) is 9.10. The smallest absolute Gasteiger partial charge is 0.138 e. The number of aliphatic hydroxyl groups is 1. The Hall–Kier alpha value is -1.46. The van der Waals surface area contributed by atoms with Crippen molar-refractivity contribution in [2.24, 2.45) is 0 Å². The minimum absolute atomic E-state index is 0.107. The maximum absolute atomic E-state index is 8.56. The van der Waals surface area contributed by atoms with Crippen molar-refractivity contribution in [2.45, 2.75) is 6.42 Å². The highest BCUT2D eigenvalue weighted by Crippen LogP contribution is 2.28. The molecule has 2 rings (SSSR count). The number of benzene rings is 1. The Morgan fingerprint density at radius 3 is 3.23 bits per heavy atom. The van der Waals surface area contributed by atoms with Gasteiger partial charge in [-0.15, -0.1) is 0 Å². The Morgan fingerprint density at radius 1 is 1.46 bits per heavy atom. The molecule has 0 atom stereocenters. The third-order valence-corrected chi connectivity index (χ3v) is 2.02. The number of hydrogen-bond donors (Lipinski definition) is 1. The number of para-hydroxylation sites is 1. The van der Waals surface area contributed by atoms with Gasteiger partial charge in [0.25, 0.3) is 0 Å². The van der Waals surface area contributed by atoms with E-state index in [0.29, 0.717) is 0 Å². The molecular weight excluding hydrogens is 164 g/mol. The second kappa shape index (κ2) is 3.51. The van der Waals surface area contributed by atoms with Gasteiger partial charge in [-0.2, -0.15) is 0 Å². The average molecular weight is 174 g/mol. The second-order valence-corrected chi connectivity index (χ2v) is 2.85. The molecule has 1 aromatic carbocycles. The van der Waals surface area contributed by atoms with Crippen LogP contribution in [-0.4, -0.2) is 18.3 Å². The molecule has 2 heteroatoms. The van der Waals surface area contributed by atoms with Gasteiger partial charge in [0.1, 0.15) is 12.4 Å². The van der Waals surface area contributed by atoms with Crippen molar-refractivity contribution in [3.8, 4) is 17.6 Å². The van der Waals surface area contributed by atoms with E-state index in [2.05, 4.69) is 11.8 Å². The van der Waals surface area contributed by atoms with Gasteiger partial charge in [0.15, 0.2) is 0 Å². The molecule has 0 amide bonds. The third-order valence-electron chi connectivity index (χ3n) is 2.02. The van der Waals surface area contributed by atoms with Gasteiger partial charge in [0.05, 0.1) is 12.2 Å².